The van der Waals surface area contributed by atoms with E-state index in [0.29, 0.717) is 16.4 Å². The summed E-state index contributed by atoms with van der Waals surface area (Å²) in [6.07, 6.45) is 1.75. The predicted molar refractivity (Wildman–Crippen MR) is 133 cm³/mol. The van der Waals surface area contributed by atoms with Gasteiger partial charge in [0, 0.05) is 22.8 Å². The number of aromatic nitrogens is 1. The van der Waals surface area contributed by atoms with Crippen LogP contribution in [-0.4, -0.2) is 18.9 Å². The van der Waals surface area contributed by atoms with E-state index in [4.69, 9.17) is 11.6 Å². The number of hydrogen-bond acceptors (Lipinski definition) is 4. The van der Waals surface area contributed by atoms with Crippen LogP contribution in [0.5, 0.6) is 0 Å². The molecule has 1 amide bonds. The molecule has 3 aromatic carbocycles. The molecule has 1 N–H and O–H groups in total. The third-order valence-electron chi connectivity index (χ3n) is 4.83. The molecule has 0 atom stereocenters. The Morgan fingerprint density at radius 3 is 2.64 bits per heavy atom. The Bertz CT molecular complexity index is 1540. The van der Waals surface area contributed by atoms with Crippen LogP contribution in [0.2, 0.25) is 5.02 Å². The molecule has 6 nitrogen and oxygen atoms in total. The molecule has 0 fully saturated rings. The first-order valence-corrected chi connectivity index (χ1v) is 12.6. The van der Waals surface area contributed by atoms with Gasteiger partial charge in [-0.3, -0.25) is 9.52 Å². The number of aryl methyl sites for hydroxylation is 1. The summed E-state index contributed by atoms with van der Waals surface area (Å²) in [5, 5.41) is 0.438. The first kappa shape index (κ1) is 23.0. The zero-order valence-corrected chi connectivity index (χ0v) is 20.0. The lowest BCUT2D eigenvalue weighted by Crippen LogP contribution is -2.16. The third kappa shape index (κ3) is 5.08. The van der Waals surface area contributed by atoms with Gasteiger partial charge in [0.25, 0.3) is 15.9 Å². The molecule has 168 valence electrons. The van der Waals surface area contributed by atoms with Crippen molar-refractivity contribution in [2.75, 3.05) is 4.72 Å². The van der Waals surface area contributed by atoms with Crippen LogP contribution >= 0.6 is 22.9 Å². The zero-order chi connectivity index (χ0) is 23.6. The molecule has 0 aliphatic rings. The second kappa shape index (κ2) is 9.35. The van der Waals surface area contributed by atoms with Crippen LogP contribution in [0.4, 0.5) is 5.69 Å². The summed E-state index contributed by atoms with van der Waals surface area (Å²) < 4.78 is 30.8. The molecule has 0 spiro atoms. The summed E-state index contributed by atoms with van der Waals surface area (Å²) in [5.74, 6) is -0.469. The number of anilines is 1. The maximum absolute atomic E-state index is 12.9. The van der Waals surface area contributed by atoms with Gasteiger partial charge in [0.1, 0.15) is 0 Å². The Morgan fingerprint density at radius 1 is 1.15 bits per heavy atom. The summed E-state index contributed by atoms with van der Waals surface area (Å²) >= 11 is 7.26. The van der Waals surface area contributed by atoms with Crippen molar-refractivity contribution >= 4 is 54.8 Å². The maximum atomic E-state index is 12.9. The first-order chi connectivity index (χ1) is 15.8. The van der Waals surface area contributed by atoms with Crippen molar-refractivity contribution in [2.45, 2.75) is 18.4 Å². The van der Waals surface area contributed by atoms with E-state index >= 15 is 0 Å². The van der Waals surface area contributed by atoms with Gasteiger partial charge in [0.2, 0.25) is 0 Å². The molecule has 0 unspecified atom stereocenters. The van der Waals surface area contributed by atoms with Crippen LogP contribution in [0.15, 0.2) is 89.3 Å². The standard InChI is InChI=1S/C24H20ClN3O3S2/c1-3-13-28-21-12-7-16(2)14-22(21)32-24(28)26-23(29)17-5-4-6-19(15-17)27-33(30,31)20-10-8-18(25)9-11-20/h3-12,14-15,27H,1,13H2,2H3. The Balaban J connectivity index is 1.67. The summed E-state index contributed by atoms with van der Waals surface area (Å²) in [4.78, 5) is 17.9. The van der Waals surface area contributed by atoms with E-state index in [1.54, 1.807) is 24.3 Å². The highest BCUT2D eigenvalue weighted by Crippen LogP contribution is 2.21. The van der Waals surface area contributed by atoms with Gasteiger partial charge in [0.05, 0.1) is 15.1 Å². The number of hydrogen-bond donors (Lipinski definition) is 1. The molecule has 0 aliphatic carbocycles. The minimum atomic E-state index is -3.83. The number of carbonyl (C=O) groups excluding carboxylic acids is 1. The Hall–Kier alpha value is -3.20. The zero-order valence-electron chi connectivity index (χ0n) is 17.7. The lowest BCUT2D eigenvalue weighted by Gasteiger charge is -2.09. The van der Waals surface area contributed by atoms with Gasteiger partial charge in [-0.1, -0.05) is 41.1 Å². The number of amides is 1. The fourth-order valence-corrected chi connectivity index (χ4v) is 5.58. The van der Waals surface area contributed by atoms with Gasteiger partial charge >= 0.3 is 0 Å². The highest BCUT2D eigenvalue weighted by atomic mass is 35.5. The number of benzene rings is 3. The van der Waals surface area contributed by atoms with Gasteiger partial charge in [-0.2, -0.15) is 4.99 Å². The monoisotopic (exact) mass is 497 g/mol. The molecule has 4 aromatic rings. The fourth-order valence-electron chi connectivity index (χ4n) is 3.27. The number of rotatable bonds is 6. The van der Waals surface area contributed by atoms with Gasteiger partial charge in [-0.25, -0.2) is 8.42 Å². The van der Waals surface area contributed by atoms with Crippen molar-refractivity contribution in [1.29, 1.82) is 0 Å². The number of nitrogens with zero attached hydrogens (tertiary/aromatic N) is 2. The number of fused-ring (bicyclic) bond motifs is 1. The third-order valence-corrected chi connectivity index (χ3v) is 7.52. The second-order valence-electron chi connectivity index (χ2n) is 7.31. The van der Waals surface area contributed by atoms with Crippen LogP contribution in [0.1, 0.15) is 15.9 Å². The van der Waals surface area contributed by atoms with Crippen LogP contribution in [0.25, 0.3) is 10.2 Å². The molecule has 0 saturated carbocycles. The molecular formula is C24H20ClN3O3S2. The van der Waals surface area contributed by atoms with E-state index in [1.165, 1.54) is 41.7 Å². The molecule has 4 rings (SSSR count). The quantitative estimate of drug-likeness (QED) is 0.362. The minimum Gasteiger partial charge on any atom is -0.312 e. The number of halogens is 1. The van der Waals surface area contributed by atoms with Gasteiger partial charge in [-0.05, 0) is 67.1 Å². The summed E-state index contributed by atoms with van der Waals surface area (Å²) in [5.41, 5.74) is 2.62. The number of thiazole rings is 1. The lowest BCUT2D eigenvalue weighted by molar-refractivity contribution is 0.0998. The van der Waals surface area contributed by atoms with Crippen molar-refractivity contribution in [3.8, 4) is 0 Å². The number of allylic oxidation sites excluding steroid dienone is 1. The van der Waals surface area contributed by atoms with Crippen molar-refractivity contribution < 1.29 is 13.2 Å². The second-order valence-corrected chi connectivity index (χ2v) is 10.4. The number of sulfonamides is 1. The predicted octanol–water partition coefficient (Wildman–Crippen LogP) is 5.39. The Morgan fingerprint density at radius 2 is 1.91 bits per heavy atom. The molecule has 0 saturated heterocycles. The molecule has 1 aromatic heterocycles. The molecule has 1 heterocycles. The molecule has 0 bridgehead atoms. The average Bonchev–Trinajstić information content (AvgIpc) is 3.10. The fraction of sp³-hybridized carbons (Fsp3) is 0.0833. The van der Waals surface area contributed by atoms with Crippen molar-refractivity contribution in [3.05, 3.63) is 100 Å². The Kier molecular flexibility index (Phi) is 6.51. The van der Waals surface area contributed by atoms with E-state index in [2.05, 4.69) is 22.4 Å². The van der Waals surface area contributed by atoms with Gasteiger partial charge < -0.3 is 4.57 Å². The van der Waals surface area contributed by atoms with Gasteiger partial charge in [-0.15, -0.1) is 6.58 Å². The van der Waals surface area contributed by atoms with Crippen molar-refractivity contribution in [1.82, 2.24) is 4.57 Å². The van der Waals surface area contributed by atoms with Crippen molar-refractivity contribution in [2.24, 2.45) is 4.99 Å². The molecular weight excluding hydrogens is 478 g/mol. The molecule has 33 heavy (non-hydrogen) atoms. The van der Waals surface area contributed by atoms with Gasteiger partial charge in [0.15, 0.2) is 4.80 Å². The summed E-state index contributed by atoms with van der Waals surface area (Å²) in [6, 6.07) is 18.1. The lowest BCUT2D eigenvalue weighted by atomic mass is 10.2. The number of nitrogens with one attached hydrogen (secondary N) is 1. The molecule has 9 heteroatoms. The molecule has 0 radical (unpaired) electrons. The van der Waals surface area contributed by atoms with E-state index in [-0.39, 0.29) is 16.1 Å². The average molecular weight is 498 g/mol. The first-order valence-electron chi connectivity index (χ1n) is 9.95. The summed E-state index contributed by atoms with van der Waals surface area (Å²) in [6.45, 7) is 6.32. The topological polar surface area (TPSA) is 80.5 Å². The minimum absolute atomic E-state index is 0.0688. The van der Waals surface area contributed by atoms with E-state index < -0.39 is 15.9 Å². The maximum Gasteiger partial charge on any atom is 0.279 e. The van der Waals surface area contributed by atoms with Crippen LogP contribution < -0.4 is 9.52 Å². The van der Waals surface area contributed by atoms with E-state index in [1.807, 2.05) is 23.6 Å². The Labute approximate surface area is 200 Å². The highest BCUT2D eigenvalue weighted by molar-refractivity contribution is 7.92. The van der Waals surface area contributed by atoms with E-state index in [9.17, 15) is 13.2 Å². The summed E-state index contributed by atoms with van der Waals surface area (Å²) in [7, 11) is -3.83. The van der Waals surface area contributed by atoms with Crippen LogP contribution in [0, 0.1) is 6.92 Å². The normalized spacial score (nSPS) is 12.1. The van der Waals surface area contributed by atoms with Crippen LogP contribution in [-0.2, 0) is 16.6 Å². The number of carbonyl (C=O) groups is 1. The van der Waals surface area contributed by atoms with Crippen molar-refractivity contribution in [3.63, 3.8) is 0 Å². The van der Waals surface area contributed by atoms with Crippen LogP contribution in [0.3, 0.4) is 0 Å². The van der Waals surface area contributed by atoms with E-state index in [0.717, 1.165) is 15.8 Å². The smallest absolute Gasteiger partial charge is 0.279 e. The molecule has 0 aliphatic heterocycles. The highest BCUT2D eigenvalue weighted by Gasteiger charge is 2.15. The SMILES string of the molecule is C=CCn1c(=NC(=O)c2cccc(NS(=O)(=O)c3ccc(Cl)cc3)c2)sc2cc(C)ccc21. The largest absolute Gasteiger partial charge is 0.312 e.